The predicted molar refractivity (Wildman–Crippen MR) is 105 cm³/mol. The van der Waals surface area contributed by atoms with Crippen LogP contribution < -0.4 is 4.74 Å². The summed E-state index contributed by atoms with van der Waals surface area (Å²) in [5.74, 6) is -0.0623. The van der Waals surface area contributed by atoms with Crippen LogP contribution in [0, 0.1) is 0 Å². The number of aromatic nitrogens is 3. The van der Waals surface area contributed by atoms with Crippen LogP contribution in [0.1, 0.15) is 35.9 Å². The number of ether oxygens (including phenoxy) is 1. The molecular formula is C21H20F4N4O2. The molecule has 1 aliphatic rings. The quantitative estimate of drug-likeness (QED) is 0.572. The molecule has 1 saturated heterocycles. The number of fused-ring (bicyclic) bond motifs is 1. The largest absolute Gasteiger partial charge is 0.497 e. The highest BCUT2D eigenvalue weighted by molar-refractivity contribution is 5.93. The van der Waals surface area contributed by atoms with Crippen molar-refractivity contribution in [3.63, 3.8) is 0 Å². The molecule has 1 aromatic carbocycles. The Morgan fingerprint density at radius 3 is 2.52 bits per heavy atom. The first-order chi connectivity index (χ1) is 14.6. The Kier molecular flexibility index (Phi) is 5.10. The van der Waals surface area contributed by atoms with E-state index in [1.54, 1.807) is 24.3 Å². The molecule has 2 aromatic heterocycles. The number of amides is 1. The Labute approximate surface area is 175 Å². The van der Waals surface area contributed by atoms with E-state index in [-0.39, 0.29) is 23.6 Å². The highest BCUT2D eigenvalue weighted by Gasteiger charge is 2.37. The molecule has 0 spiro atoms. The normalized spacial score (nSPS) is 19.6. The number of hydrogen-bond acceptors (Lipinski definition) is 4. The van der Waals surface area contributed by atoms with Crippen LogP contribution in [0.25, 0.3) is 16.9 Å². The van der Waals surface area contributed by atoms with Crippen molar-refractivity contribution < 1.29 is 27.1 Å². The van der Waals surface area contributed by atoms with E-state index in [0.29, 0.717) is 35.2 Å². The van der Waals surface area contributed by atoms with Crippen molar-refractivity contribution in [3.8, 4) is 17.0 Å². The fourth-order valence-corrected chi connectivity index (χ4v) is 3.72. The van der Waals surface area contributed by atoms with Crippen LogP contribution in [0.5, 0.6) is 5.75 Å². The first-order valence-corrected chi connectivity index (χ1v) is 9.68. The molecule has 0 saturated carbocycles. The lowest BCUT2D eigenvalue weighted by atomic mass is 9.97. The van der Waals surface area contributed by atoms with Gasteiger partial charge in [-0.25, -0.2) is 13.9 Å². The SMILES string of the molecule is COc1ccc(-c2cc(C(F)(F)F)n3nc(C(=O)N4CCCC(C)(F)C4)cc3n2)cc1. The second kappa shape index (κ2) is 7.51. The molecule has 1 unspecified atom stereocenters. The van der Waals surface area contributed by atoms with Crippen LogP contribution in [0.15, 0.2) is 36.4 Å². The van der Waals surface area contributed by atoms with Crippen molar-refractivity contribution in [3.05, 3.63) is 47.8 Å². The number of nitrogens with zero attached hydrogens (tertiary/aromatic N) is 4. The molecule has 0 aliphatic carbocycles. The number of carbonyl (C=O) groups excluding carboxylic acids is 1. The summed E-state index contributed by atoms with van der Waals surface area (Å²) in [6.07, 6.45) is -3.93. The molecule has 0 N–H and O–H groups in total. The minimum absolute atomic E-state index is 0.0793. The highest BCUT2D eigenvalue weighted by Crippen LogP contribution is 2.33. The van der Waals surface area contributed by atoms with Gasteiger partial charge >= 0.3 is 6.18 Å². The van der Waals surface area contributed by atoms with Gasteiger partial charge < -0.3 is 9.64 Å². The zero-order chi connectivity index (χ0) is 22.4. The number of alkyl halides is 4. The topological polar surface area (TPSA) is 59.7 Å². The van der Waals surface area contributed by atoms with Gasteiger partial charge in [0.1, 0.15) is 11.4 Å². The monoisotopic (exact) mass is 436 g/mol. The number of hydrogen-bond donors (Lipinski definition) is 0. The van der Waals surface area contributed by atoms with Crippen LogP contribution in [0.4, 0.5) is 17.6 Å². The van der Waals surface area contributed by atoms with Gasteiger partial charge in [-0.15, -0.1) is 0 Å². The Morgan fingerprint density at radius 2 is 1.90 bits per heavy atom. The van der Waals surface area contributed by atoms with Crippen molar-refractivity contribution in [2.75, 3.05) is 20.2 Å². The van der Waals surface area contributed by atoms with Gasteiger partial charge in [-0.05, 0) is 50.1 Å². The standard InChI is InChI=1S/C21H20F4N4O2/c1-20(22)8-3-9-28(12-20)19(30)16-11-18-26-15(13-4-6-14(31-2)7-5-13)10-17(21(23,24)25)29(18)27-16/h4-7,10-11H,3,8-9,12H2,1-2H3. The maximum Gasteiger partial charge on any atom is 0.433 e. The second-order valence-corrected chi connectivity index (χ2v) is 7.80. The second-order valence-electron chi connectivity index (χ2n) is 7.80. The fraction of sp³-hybridized carbons (Fsp3) is 0.381. The molecule has 10 heteroatoms. The van der Waals surface area contributed by atoms with Gasteiger partial charge in [-0.2, -0.15) is 18.3 Å². The molecule has 0 radical (unpaired) electrons. The first kappa shape index (κ1) is 21.1. The molecule has 1 aliphatic heterocycles. The van der Waals surface area contributed by atoms with Crippen LogP contribution in [-0.2, 0) is 6.18 Å². The lowest BCUT2D eigenvalue weighted by Gasteiger charge is -2.34. The average molecular weight is 436 g/mol. The summed E-state index contributed by atoms with van der Waals surface area (Å²) in [7, 11) is 1.49. The van der Waals surface area contributed by atoms with E-state index in [4.69, 9.17) is 4.74 Å². The third-order valence-electron chi connectivity index (χ3n) is 5.26. The molecule has 3 heterocycles. The Bertz CT molecular complexity index is 1120. The molecule has 164 valence electrons. The summed E-state index contributed by atoms with van der Waals surface area (Å²) in [4.78, 5) is 18.4. The van der Waals surface area contributed by atoms with E-state index in [0.717, 1.165) is 6.07 Å². The molecular weight excluding hydrogens is 416 g/mol. The van der Waals surface area contributed by atoms with E-state index in [9.17, 15) is 22.4 Å². The van der Waals surface area contributed by atoms with Gasteiger partial charge in [-0.1, -0.05) is 0 Å². The first-order valence-electron chi connectivity index (χ1n) is 9.68. The molecule has 3 aromatic rings. The minimum atomic E-state index is -4.72. The van der Waals surface area contributed by atoms with Crippen molar-refractivity contribution in [2.45, 2.75) is 31.6 Å². The summed E-state index contributed by atoms with van der Waals surface area (Å²) < 4.78 is 61.2. The summed E-state index contributed by atoms with van der Waals surface area (Å²) in [6.45, 7) is 1.60. The Morgan fingerprint density at radius 1 is 1.19 bits per heavy atom. The third-order valence-corrected chi connectivity index (χ3v) is 5.26. The number of carbonyl (C=O) groups is 1. The van der Waals surface area contributed by atoms with Gasteiger partial charge in [0.25, 0.3) is 5.91 Å². The van der Waals surface area contributed by atoms with Crippen molar-refractivity contribution in [1.29, 1.82) is 0 Å². The maximum atomic E-state index is 14.3. The number of methoxy groups -OCH3 is 1. The molecule has 1 atom stereocenters. The molecule has 4 rings (SSSR count). The van der Waals surface area contributed by atoms with Gasteiger partial charge in [0.15, 0.2) is 17.0 Å². The lowest BCUT2D eigenvalue weighted by Crippen LogP contribution is -2.46. The number of rotatable bonds is 3. The maximum absolute atomic E-state index is 14.3. The fourth-order valence-electron chi connectivity index (χ4n) is 3.72. The molecule has 0 bridgehead atoms. The van der Waals surface area contributed by atoms with E-state index in [1.807, 2.05) is 0 Å². The third kappa shape index (κ3) is 4.19. The zero-order valence-corrected chi connectivity index (χ0v) is 16.9. The van der Waals surface area contributed by atoms with Crippen LogP contribution in [0.2, 0.25) is 0 Å². The zero-order valence-electron chi connectivity index (χ0n) is 16.9. The smallest absolute Gasteiger partial charge is 0.433 e. The van der Waals surface area contributed by atoms with E-state index in [1.165, 1.54) is 25.0 Å². The van der Waals surface area contributed by atoms with E-state index in [2.05, 4.69) is 10.1 Å². The molecule has 31 heavy (non-hydrogen) atoms. The van der Waals surface area contributed by atoms with Crippen LogP contribution >= 0.6 is 0 Å². The van der Waals surface area contributed by atoms with Gasteiger partial charge in [-0.3, -0.25) is 4.79 Å². The summed E-state index contributed by atoms with van der Waals surface area (Å²) in [6, 6.07) is 8.50. The lowest BCUT2D eigenvalue weighted by molar-refractivity contribution is -0.142. The molecule has 6 nitrogen and oxygen atoms in total. The Hall–Kier alpha value is -3.17. The average Bonchev–Trinajstić information content (AvgIpc) is 3.15. The van der Waals surface area contributed by atoms with E-state index < -0.39 is 23.4 Å². The minimum Gasteiger partial charge on any atom is -0.497 e. The van der Waals surface area contributed by atoms with Gasteiger partial charge in [0.2, 0.25) is 0 Å². The number of piperidine rings is 1. The van der Waals surface area contributed by atoms with Gasteiger partial charge in [0, 0.05) is 18.2 Å². The number of halogens is 4. The van der Waals surface area contributed by atoms with Crippen molar-refractivity contribution in [2.24, 2.45) is 0 Å². The number of benzene rings is 1. The van der Waals surface area contributed by atoms with Crippen molar-refractivity contribution in [1.82, 2.24) is 19.5 Å². The van der Waals surface area contributed by atoms with Crippen LogP contribution in [-0.4, -0.2) is 51.3 Å². The summed E-state index contributed by atoms with van der Waals surface area (Å²) >= 11 is 0. The van der Waals surface area contributed by atoms with Gasteiger partial charge in [0.05, 0.1) is 19.3 Å². The Balaban J connectivity index is 1.77. The number of likely N-dealkylation sites (tertiary alicyclic amines) is 1. The molecule has 1 amide bonds. The van der Waals surface area contributed by atoms with E-state index >= 15 is 0 Å². The summed E-state index contributed by atoms with van der Waals surface area (Å²) in [5, 5.41) is 3.86. The highest BCUT2D eigenvalue weighted by atomic mass is 19.4. The van der Waals surface area contributed by atoms with Crippen molar-refractivity contribution >= 4 is 11.6 Å². The van der Waals surface area contributed by atoms with Crippen LogP contribution in [0.3, 0.4) is 0 Å². The predicted octanol–water partition coefficient (Wildman–Crippen LogP) is 4.39. The molecule has 1 fully saturated rings. The summed E-state index contributed by atoms with van der Waals surface area (Å²) in [5.41, 5.74) is -2.39.